The smallest absolute Gasteiger partial charge is 0.222 e. The van der Waals surface area contributed by atoms with Crippen LogP contribution in [0.15, 0.2) is 48.2 Å². The molecule has 0 aliphatic carbocycles. The summed E-state index contributed by atoms with van der Waals surface area (Å²) in [4.78, 5) is 32.7. The number of hydrogen-bond acceptors (Lipinski definition) is 5. The standard InChI is InChI=1S/C24H21N5OS/c1-24(2,3)21(30)18-14-28-22-20(18)29-17(13-27-22)11-15-5-7-16(8-6-15)12-19(25-4)23-26-9-10-31-23/h5-10,12-14H,11H2,1-3H3,(H,27,28). The Morgan fingerprint density at radius 1 is 1.23 bits per heavy atom. The summed E-state index contributed by atoms with van der Waals surface area (Å²) >= 11 is 1.45. The fourth-order valence-corrected chi connectivity index (χ4v) is 3.78. The van der Waals surface area contributed by atoms with Gasteiger partial charge < -0.3 is 4.98 Å². The maximum absolute atomic E-state index is 12.7. The number of carbonyl (C=O) groups is 1. The van der Waals surface area contributed by atoms with Crippen LogP contribution in [0.4, 0.5) is 0 Å². The highest BCUT2D eigenvalue weighted by molar-refractivity contribution is 7.10. The minimum atomic E-state index is -0.487. The Balaban J connectivity index is 1.57. The van der Waals surface area contributed by atoms with Crippen molar-refractivity contribution >= 4 is 40.1 Å². The number of carbonyl (C=O) groups excluding carboxylic acids is 1. The molecule has 0 aliphatic rings. The number of aromatic nitrogens is 4. The van der Waals surface area contributed by atoms with Crippen molar-refractivity contribution in [3.8, 4) is 0 Å². The number of nitrogens with one attached hydrogen (secondary N) is 1. The van der Waals surface area contributed by atoms with Crippen molar-refractivity contribution in [1.29, 1.82) is 0 Å². The molecule has 4 rings (SSSR count). The zero-order valence-corrected chi connectivity index (χ0v) is 18.3. The molecule has 3 heterocycles. The molecule has 3 aromatic heterocycles. The maximum Gasteiger partial charge on any atom is 0.222 e. The third-order valence-electron chi connectivity index (χ3n) is 4.80. The summed E-state index contributed by atoms with van der Waals surface area (Å²) < 4.78 is 0. The number of nitrogens with zero attached hydrogens (tertiary/aromatic N) is 4. The van der Waals surface area contributed by atoms with E-state index in [1.165, 1.54) is 11.3 Å². The predicted molar refractivity (Wildman–Crippen MR) is 124 cm³/mol. The van der Waals surface area contributed by atoms with E-state index in [0.717, 1.165) is 21.8 Å². The summed E-state index contributed by atoms with van der Waals surface area (Å²) in [5.41, 5.74) is 4.65. The molecule has 6 nitrogen and oxygen atoms in total. The average Bonchev–Trinajstić information content (AvgIpc) is 3.42. The lowest BCUT2D eigenvalue weighted by atomic mass is 9.87. The first kappa shape index (κ1) is 20.6. The molecule has 1 N–H and O–H groups in total. The van der Waals surface area contributed by atoms with E-state index in [-0.39, 0.29) is 5.78 Å². The van der Waals surface area contributed by atoms with E-state index in [2.05, 4.69) is 19.8 Å². The minimum Gasteiger partial charge on any atom is -0.344 e. The Labute approximate surface area is 184 Å². The van der Waals surface area contributed by atoms with Crippen molar-refractivity contribution in [2.45, 2.75) is 27.2 Å². The van der Waals surface area contributed by atoms with Crippen LogP contribution in [-0.4, -0.2) is 25.7 Å². The van der Waals surface area contributed by atoms with Gasteiger partial charge in [0.2, 0.25) is 5.70 Å². The lowest BCUT2D eigenvalue weighted by molar-refractivity contribution is 0.0860. The highest BCUT2D eigenvalue weighted by Gasteiger charge is 2.26. The Morgan fingerprint density at radius 3 is 2.65 bits per heavy atom. The van der Waals surface area contributed by atoms with Gasteiger partial charge in [-0.05, 0) is 17.2 Å². The summed E-state index contributed by atoms with van der Waals surface area (Å²) in [6.45, 7) is 13.1. The van der Waals surface area contributed by atoms with E-state index in [4.69, 9.17) is 11.6 Å². The molecule has 0 bridgehead atoms. The van der Waals surface area contributed by atoms with Gasteiger partial charge in [0.05, 0.1) is 24.0 Å². The van der Waals surface area contributed by atoms with Crippen LogP contribution in [0, 0.1) is 12.0 Å². The molecule has 0 unspecified atom stereocenters. The molecule has 31 heavy (non-hydrogen) atoms. The van der Waals surface area contributed by atoms with Crippen LogP contribution in [-0.2, 0) is 6.42 Å². The molecule has 154 valence electrons. The van der Waals surface area contributed by atoms with Crippen molar-refractivity contribution in [1.82, 2.24) is 19.9 Å². The lowest BCUT2D eigenvalue weighted by Gasteiger charge is -2.15. The normalized spacial score (nSPS) is 12.1. The van der Waals surface area contributed by atoms with E-state index < -0.39 is 5.41 Å². The van der Waals surface area contributed by atoms with Crippen molar-refractivity contribution < 1.29 is 4.79 Å². The average molecular weight is 428 g/mol. The Morgan fingerprint density at radius 2 is 2.00 bits per heavy atom. The molecule has 0 fully saturated rings. The highest BCUT2D eigenvalue weighted by atomic mass is 32.1. The Bertz CT molecular complexity index is 1300. The number of aromatic amines is 1. The van der Waals surface area contributed by atoms with Crippen LogP contribution in [0.2, 0.25) is 0 Å². The number of thiazole rings is 1. The maximum atomic E-state index is 12.7. The number of ketones is 1. The first-order valence-corrected chi connectivity index (χ1v) is 10.7. The number of Topliss-reactive ketones (excluding diaryl/α,β-unsaturated/α-hetero) is 1. The van der Waals surface area contributed by atoms with Crippen LogP contribution in [0.25, 0.3) is 27.8 Å². The second-order valence-corrected chi connectivity index (χ2v) is 9.13. The van der Waals surface area contributed by atoms with E-state index in [0.29, 0.717) is 28.8 Å². The van der Waals surface area contributed by atoms with Crippen LogP contribution < -0.4 is 0 Å². The predicted octanol–water partition coefficient (Wildman–Crippen LogP) is 5.65. The summed E-state index contributed by atoms with van der Waals surface area (Å²) in [5, 5.41) is 2.58. The van der Waals surface area contributed by atoms with Gasteiger partial charge in [0.25, 0.3) is 0 Å². The molecular formula is C24H21N5OS. The molecule has 7 heteroatoms. The van der Waals surface area contributed by atoms with Gasteiger partial charge in [-0.3, -0.25) is 9.78 Å². The molecule has 0 saturated heterocycles. The van der Waals surface area contributed by atoms with Gasteiger partial charge in [-0.2, -0.15) is 0 Å². The van der Waals surface area contributed by atoms with Crippen LogP contribution in [0.1, 0.15) is 53.0 Å². The van der Waals surface area contributed by atoms with Crippen LogP contribution in [0.3, 0.4) is 0 Å². The first-order valence-electron chi connectivity index (χ1n) is 9.81. The molecule has 0 spiro atoms. The minimum absolute atomic E-state index is 0.0391. The molecule has 0 radical (unpaired) electrons. The molecule has 0 atom stereocenters. The fourth-order valence-electron chi connectivity index (χ4n) is 3.18. The summed E-state index contributed by atoms with van der Waals surface area (Å²) in [6, 6.07) is 7.98. The third-order valence-corrected chi connectivity index (χ3v) is 5.59. The van der Waals surface area contributed by atoms with Crippen LogP contribution >= 0.6 is 11.3 Å². The summed E-state index contributed by atoms with van der Waals surface area (Å²) in [5.74, 6) is 0.0391. The number of benzene rings is 1. The lowest BCUT2D eigenvalue weighted by Crippen LogP contribution is -2.20. The fraction of sp³-hybridized carbons (Fsp3) is 0.208. The van der Waals surface area contributed by atoms with Crippen molar-refractivity contribution in [3.05, 3.63) is 87.0 Å². The number of fused-ring (bicyclic) bond motifs is 1. The van der Waals surface area contributed by atoms with Gasteiger partial charge in [-0.1, -0.05) is 45.0 Å². The number of rotatable bonds is 5. The van der Waals surface area contributed by atoms with Gasteiger partial charge in [0, 0.05) is 29.6 Å². The number of H-pyrrole nitrogens is 1. The van der Waals surface area contributed by atoms with Gasteiger partial charge in [0.1, 0.15) is 10.5 Å². The second-order valence-electron chi connectivity index (χ2n) is 8.24. The third kappa shape index (κ3) is 4.44. The molecular weight excluding hydrogens is 406 g/mol. The molecule has 0 aliphatic heterocycles. The number of hydrogen-bond donors (Lipinski definition) is 1. The summed E-state index contributed by atoms with van der Waals surface area (Å²) in [7, 11) is 0. The van der Waals surface area contributed by atoms with E-state index >= 15 is 0 Å². The van der Waals surface area contributed by atoms with Gasteiger partial charge >= 0.3 is 0 Å². The van der Waals surface area contributed by atoms with E-state index in [9.17, 15) is 4.79 Å². The topological polar surface area (TPSA) is 75.9 Å². The quantitative estimate of drug-likeness (QED) is 0.330. The molecule has 0 saturated carbocycles. The van der Waals surface area contributed by atoms with Gasteiger partial charge in [-0.25, -0.2) is 14.8 Å². The zero-order valence-electron chi connectivity index (χ0n) is 17.5. The van der Waals surface area contributed by atoms with Crippen molar-refractivity contribution in [2.75, 3.05) is 0 Å². The van der Waals surface area contributed by atoms with E-state index in [1.54, 1.807) is 18.6 Å². The van der Waals surface area contributed by atoms with Crippen LogP contribution in [0.5, 0.6) is 0 Å². The summed E-state index contributed by atoms with van der Waals surface area (Å²) in [6.07, 6.45) is 7.57. The Hall–Kier alpha value is -3.63. The van der Waals surface area contributed by atoms with Crippen molar-refractivity contribution in [3.63, 3.8) is 0 Å². The zero-order chi connectivity index (χ0) is 22.0. The molecule has 4 aromatic rings. The molecule has 0 amide bonds. The molecule has 1 aromatic carbocycles. The van der Waals surface area contributed by atoms with E-state index in [1.807, 2.05) is 56.5 Å². The highest BCUT2D eigenvalue weighted by Crippen LogP contribution is 2.26. The monoisotopic (exact) mass is 427 g/mol. The van der Waals surface area contributed by atoms with Gasteiger partial charge in [0.15, 0.2) is 11.4 Å². The van der Waals surface area contributed by atoms with Gasteiger partial charge in [-0.15, -0.1) is 11.3 Å². The van der Waals surface area contributed by atoms with Crippen molar-refractivity contribution in [2.24, 2.45) is 5.41 Å². The SMILES string of the molecule is [C-]#[N+]C(=Cc1ccc(Cc2cnc3[nH]cc(C(=O)C(C)(C)C)c3n2)cc1)c1nccs1. The Kier molecular flexibility index (Phi) is 5.49. The largest absolute Gasteiger partial charge is 0.344 e. The first-order chi connectivity index (χ1) is 14.8. The second kappa shape index (κ2) is 8.25.